The van der Waals surface area contributed by atoms with Gasteiger partial charge >= 0.3 is 7.12 Å². The van der Waals surface area contributed by atoms with E-state index >= 15 is 0 Å². The lowest BCUT2D eigenvalue weighted by molar-refractivity contribution is 0.0976. The molecule has 15 heavy (non-hydrogen) atoms. The normalized spacial score (nSPS) is 15.1. The van der Waals surface area contributed by atoms with Crippen LogP contribution in [0.15, 0.2) is 24.3 Å². The van der Waals surface area contributed by atoms with E-state index in [-0.39, 0.29) is 5.78 Å². The van der Waals surface area contributed by atoms with Crippen molar-refractivity contribution in [2.24, 2.45) is 5.92 Å². The van der Waals surface area contributed by atoms with E-state index in [1.807, 2.05) is 0 Å². The fourth-order valence-corrected chi connectivity index (χ4v) is 1.54. The fraction of sp³-hybridized carbons (Fsp3) is 0.364. The van der Waals surface area contributed by atoms with Gasteiger partial charge in [-0.3, -0.25) is 4.79 Å². The van der Waals surface area contributed by atoms with E-state index < -0.39 is 7.12 Å². The third kappa shape index (κ3) is 2.67. The molecule has 0 heterocycles. The standard InChI is InChI=1S/C11H13BO3/c13-11(7-8-1-2-8)9-3-5-10(6-4-9)12(14)15/h3-6,8,14-15H,1-2,7H2. The molecule has 4 heteroatoms. The summed E-state index contributed by atoms with van der Waals surface area (Å²) >= 11 is 0. The second-order valence-electron chi connectivity index (χ2n) is 4.07. The summed E-state index contributed by atoms with van der Waals surface area (Å²) in [5.74, 6) is 0.733. The van der Waals surface area contributed by atoms with E-state index in [9.17, 15) is 4.79 Å². The molecule has 1 aliphatic carbocycles. The molecule has 0 unspecified atom stereocenters. The molecular formula is C11H13BO3. The molecule has 3 nitrogen and oxygen atoms in total. The van der Waals surface area contributed by atoms with Crippen LogP contribution < -0.4 is 5.46 Å². The van der Waals surface area contributed by atoms with Crippen molar-refractivity contribution >= 4 is 18.4 Å². The lowest BCUT2D eigenvalue weighted by Crippen LogP contribution is -2.29. The van der Waals surface area contributed by atoms with Crippen molar-refractivity contribution in [3.63, 3.8) is 0 Å². The molecule has 78 valence electrons. The van der Waals surface area contributed by atoms with Crippen molar-refractivity contribution < 1.29 is 14.8 Å². The molecule has 0 amide bonds. The third-order valence-corrected chi connectivity index (χ3v) is 2.70. The van der Waals surface area contributed by atoms with Crippen molar-refractivity contribution in [3.05, 3.63) is 29.8 Å². The average Bonchev–Trinajstić information content (AvgIpc) is 3.02. The van der Waals surface area contributed by atoms with Gasteiger partial charge in [-0.2, -0.15) is 0 Å². The van der Waals surface area contributed by atoms with Gasteiger partial charge in [-0.1, -0.05) is 24.3 Å². The van der Waals surface area contributed by atoms with Crippen LogP contribution in [0.4, 0.5) is 0 Å². The summed E-state index contributed by atoms with van der Waals surface area (Å²) in [6, 6.07) is 6.45. The van der Waals surface area contributed by atoms with Crippen molar-refractivity contribution in [2.75, 3.05) is 0 Å². The summed E-state index contributed by atoms with van der Waals surface area (Å²) in [6.07, 6.45) is 2.96. The molecule has 0 saturated heterocycles. The van der Waals surface area contributed by atoms with Gasteiger partial charge in [0.2, 0.25) is 0 Å². The quantitative estimate of drug-likeness (QED) is 0.549. The first-order chi connectivity index (χ1) is 7.16. The monoisotopic (exact) mass is 204 g/mol. The lowest BCUT2D eigenvalue weighted by atomic mass is 9.80. The molecule has 0 radical (unpaired) electrons. The van der Waals surface area contributed by atoms with Gasteiger partial charge in [0.05, 0.1) is 0 Å². The summed E-state index contributed by atoms with van der Waals surface area (Å²) < 4.78 is 0. The van der Waals surface area contributed by atoms with Crippen LogP contribution in [0.1, 0.15) is 29.6 Å². The van der Waals surface area contributed by atoms with E-state index in [4.69, 9.17) is 10.0 Å². The summed E-state index contributed by atoms with van der Waals surface area (Å²) in [6.45, 7) is 0. The number of rotatable bonds is 4. The summed E-state index contributed by atoms with van der Waals surface area (Å²) in [4.78, 5) is 11.7. The summed E-state index contributed by atoms with van der Waals surface area (Å²) in [5, 5.41) is 17.8. The first kappa shape index (κ1) is 10.4. The molecule has 1 aromatic carbocycles. The van der Waals surface area contributed by atoms with Crippen LogP contribution in [-0.2, 0) is 0 Å². The van der Waals surface area contributed by atoms with Crippen LogP contribution in [-0.4, -0.2) is 22.9 Å². The van der Waals surface area contributed by atoms with E-state index in [1.54, 1.807) is 24.3 Å². The Labute approximate surface area is 88.9 Å². The van der Waals surface area contributed by atoms with Crippen LogP contribution in [0.2, 0.25) is 0 Å². The first-order valence-corrected chi connectivity index (χ1v) is 5.16. The molecule has 1 aromatic rings. The van der Waals surface area contributed by atoms with Crippen molar-refractivity contribution in [3.8, 4) is 0 Å². The van der Waals surface area contributed by atoms with Gasteiger partial charge in [-0.25, -0.2) is 0 Å². The fourth-order valence-electron chi connectivity index (χ4n) is 1.54. The minimum absolute atomic E-state index is 0.150. The first-order valence-electron chi connectivity index (χ1n) is 5.16. The number of Topliss-reactive ketones (excluding diaryl/α,β-unsaturated/α-hetero) is 1. The average molecular weight is 204 g/mol. The SMILES string of the molecule is O=C(CC1CC1)c1ccc(B(O)O)cc1. The lowest BCUT2D eigenvalue weighted by Gasteiger charge is -2.02. The van der Waals surface area contributed by atoms with E-state index in [0.29, 0.717) is 23.4 Å². The summed E-state index contributed by atoms with van der Waals surface area (Å²) in [5.41, 5.74) is 1.07. The number of ketones is 1. The van der Waals surface area contributed by atoms with Crippen LogP contribution in [0, 0.1) is 5.92 Å². The Morgan fingerprint density at radius 1 is 1.27 bits per heavy atom. The number of hydrogen-bond acceptors (Lipinski definition) is 3. The van der Waals surface area contributed by atoms with Crippen LogP contribution in [0.5, 0.6) is 0 Å². The Kier molecular flexibility index (Phi) is 2.89. The molecule has 0 bridgehead atoms. The van der Waals surface area contributed by atoms with Crippen molar-refractivity contribution in [2.45, 2.75) is 19.3 Å². The third-order valence-electron chi connectivity index (χ3n) is 2.70. The van der Waals surface area contributed by atoms with Gasteiger partial charge in [0, 0.05) is 12.0 Å². The predicted molar refractivity (Wildman–Crippen MR) is 57.9 cm³/mol. The van der Waals surface area contributed by atoms with Crippen molar-refractivity contribution in [1.29, 1.82) is 0 Å². The van der Waals surface area contributed by atoms with E-state index in [0.717, 1.165) is 0 Å². The highest BCUT2D eigenvalue weighted by Gasteiger charge is 2.24. The smallest absolute Gasteiger partial charge is 0.423 e. The van der Waals surface area contributed by atoms with Gasteiger partial charge in [0.1, 0.15) is 0 Å². The predicted octanol–water partition coefficient (Wildman–Crippen LogP) is 0.349. The molecule has 0 atom stereocenters. The largest absolute Gasteiger partial charge is 0.488 e. The van der Waals surface area contributed by atoms with Gasteiger partial charge in [-0.15, -0.1) is 0 Å². The molecule has 1 fully saturated rings. The van der Waals surface area contributed by atoms with Gasteiger partial charge in [-0.05, 0) is 24.2 Å². The maximum Gasteiger partial charge on any atom is 0.488 e. The minimum atomic E-state index is -1.46. The highest BCUT2D eigenvalue weighted by atomic mass is 16.4. The topological polar surface area (TPSA) is 57.5 Å². The molecule has 1 saturated carbocycles. The molecule has 0 aromatic heterocycles. The van der Waals surface area contributed by atoms with Gasteiger partial charge < -0.3 is 10.0 Å². The zero-order chi connectivity index (χ0) is 10.8. The Morgan fingerprint density at radius 3 is 2.33 bits per heavy atom. The Hall–Kier alpha value is -1.13. The number of hydrogen-bond donors (Lipinski definition) is 2. The van der Waals surface area contributed by atoms with Crippen LogP contribution in [0.3, 0.4) is 0 Å². The molecule has 1 aliphatic rings. The maximum atomic E-state index is 11.7. The van der Waals surface area contributed by atoms with E-state index in [1.165, 1.54) is 12.8 Å². The van der Waals surface area contributed by atoms with Gasteiger partial charge in [0.15, 0.2) is 5.78 Å². The molecule has 0 aliphatic heterocycles. The highest BCUT2D eigenvalue weighted by molar-refractivity contribution is 6.58. The van der Waals surface area contributed by atoms with Crippen LogP contribution >= 0.6 is 0 Å². The second-order valence-corrected chi connectivity index (χ2v) is 4.07. The molecule has 0 spiro atoms. The van der Waals surface area contributed by atoms with Gasteiger partial charge in [0.25, 0.3) is 0 Å². The molecule has 2 rings (SSSR count). The number of carbonyl (C=O) groups is 1. The Bertz CT molecular complexity index is 355. The molecule has 2 N–H and O–H groups in total. The second kappa shape index (κ2) is 4.17. The Morgan fingerprint density at radius 2 is 1.87 bits per heavy atom. The Balaban J connectivity index is 2.04. The minimum Gasteiger partial charge on any atom is -0.423 e. The maximum absolute atomic E-state index is 11.7. The van der Waals surface area contributed by atoms with E-state index in [2.05, 4.69) is 0 Å². The van der Waals surface area contributed by atoms with Crippen LogP contribution in [0.25, 0.3) is 0 Å². The highest BCUT2D eigenvalue weighted by Crippen LogP contribution is 2.33. The summed E-state index contributed by atoms with van der Waals surface area (Å²) in [7, 11) is -1.46. The van der Waals surface area contributed by atoms with Crippen molar-refractivity contribution in [1.82, 2.24) is 0 Å². The number of carbonyl (C=O) groups excluding carboxylic acids is 1. The molecular weight excluding hydrogens is 191 g/mol. The zero-order valence-corrected chi connectivity index (χ0v) is 8.39. The number of benzene rings is 1. The zero-order valence-electron chi connectivity index (χ0n) is 8.39.